The molecule has 2 aromatic rings. The number of rotatable bonds is 8. The van der Waals surface area contributed by atoms with Gasteiger partial charge in [-0.3, -0.25) is 4.79 Å². The van der Waals surface area contributed by atoms with Crippen molar-refractivity contribution in [2.75, 3.05) is 0 Å². The highest BCUT2D eigenvalue weighted by Gasteiger charge is 2.33. The Kier molecular flexibility index (Phi) is 9.80. The van der Waals surface area contributed by atoms with Crippen LogP contribution >= 0.6 is 0 Å². The molecule has 36 heavy (non-hydrogen) atoms. The predicted molar refractivity (Wildman–Crippen MR) is 119 cm³/mol. The molecule has 14 nitrogen and oxygen atoms in total. The van der Waals surface area contributed by atoms with Crippen molar-refractivity contribution in [1.29, 1.82) is 0 Å². The van der Waals surface area contributed by atoms with Crippen LogP contribution in [0.4, 0.5) is 0 Å². The van der Waals surface area contributed by atoms with E-state index in [1.54, 1.807) is 6.07 Å². The van der Waals surface area contributed by atoms with Gasteiger partial charge in [0.25, 0.3) is 0 Å². The van der Waals surface area contributed by atoms with E-state index in [1.807, 2.05) is 20.8 Å². The summed E-state index contributed by atoms with van der Waals surface area (Å²) < 4.78 is 15.2. The number of carbonyl (C=O) groups is 3. The van der Waals surface area contributed by atoms with Crippen molar-refractivity contribution in [3.05, 3.63) is 45.9 Å². The van der Waals surface area contributed by atoms with E-state index < -0.39 is 46.9 Å². The van der Waals surface area contributed by atoms with Crippen LogP contribution in [0.3, 0.4) is 0 Å². The topological polar surface area (TPSA) is 251 Å². The van der Waals surface area contributed by atoms with Crippen LogP contribution in [0, 0.1) is 0 Å². The summed E-state index contributed by atoms with van der Waals surface area (Å²) in [7, 11) is 0. The third-order valence-corrected chi connectivity index (χ3v) is 4.54. The number of benzene rings is 1. The third kappa shape index (κ3) is 8.41. The van der Waals surface area contributed by atoms with Crippen LogP contribution in [-0.2, 0) is 37.6 Å². The quantitative estimate of drug-likeness (QED) is 0.178. The summed E-state index contributed by atoms with van der Waals surface area (Å²) in [5.41, 5.74) is 4.70. The first-order valence-corrected chi connectivity index (χ1v) is 10.3. The van der Waals surface area contributed by atoms with Gasteiger partial charge in [-0.15, -0.1) is 0 Å². The molecule has 0 aliphatic heterocycles. The monoisotopic (exact) mass is 515 g/mol. The zero-order valence-corrected chi connectivity index (χ0v) is 19.9. The van der Waals surface area contributed by atoms with Gasteiger partial charge in [0.1, 0.15) is 5.54 Å². The number of hydrogen-bond donors (Lipinski definition) is 7. The van der Waals surface area contributed by atoms with Crippen LogP contribution in [0.2, 0.25) is 0 Å². The largest absolute Gasteiger partial charge is 0.519 e. The van der Waals surface area contributed by atoms with Gasteiger partial charge in [-0.05, 0) is 24.6 Å². The maximum absolute atomic E-state index is 12.4. The van der Waals surface area contributed by atoms with Gasteiger partial charge in [0.05, 0.1) is 0 Å². The minimum Gasteiger partial charge on any atom is -0.504 e. The zero-order valence-electron chi connectivity index (χ0n) is 19.9. The highest BCUT2D eigenvalue weighted by Crippen LogP contribution is 2.28. The number of carboxylic acid groups (broad SMARTS) is 2. The summed E-state index contributed by atoms with van der Waals surface area (Å²) in [6.45, 7) is 6.68. The SMILES string of the molecule is CC(N)(Cc1ccc(O)c(O)c1)C(=O)OCc1oc(=O)oc1C(C)(C)C.O=C(O)C(O)C(O)C(=O)O. The molecule has 0 fully saturated rings. The Balaban J connectivity index is 0.000000548. The second kappa shape index (κ2) is 11.7. The van der Waals surface area contributed by atoms with Crippen LogP contribution in [0.25, 0.3) is 0 Å². The van der Waals surface area contributed by atoms with E-state index in [0.29, 0.717) is 11.3 Å². The fourth-order valence-electron chi connectivity index (χ4n) is 2.72. The van der Waals surface area contributed by atoms with Crippen molar-refractivity contribution in [1.82, 2.24) is 0 Å². The molecule has 1 aromatic carbocycles. The average molecular weight is 515 g/mol. The lowest BCUT2D eigenvalue weighted by Crippen LogP contribution is -2.48. The summed E-state index contributed by atoms with van der Waals surface area (Å²) in [5.74, 6) is -5.25. The molecule has 3 unspecified atom stereocenters. The molecule has 0 aliphatic carbocycles. The second-order valence-electron chi connectivity index (χ2n) is 9.02. The van der Waals surface area contributed by atoms with Crippen molar-refractivity contribution in [3.8, 4) is 11.5 Å². The summed E-state index contributed by atoms with van der Waals surface area (Å²) >= 11 is 0. The van der Waals surface area contributed by atoms with Crippen LogP contribution in [0.15, 0.2) is 31.8 Å². The van der Waals surface area contributed by atoms with Gasteiger partial charge >= 0.3 is 23.7 Å². The number of phenols is 2. The predicted octanol–water partition coefficient (Wildman–Crippen LogP) is -0.178. The molecule has 0 amide bonds. The molecular weight excluding hydrogens is 486 g/mol. The summed E-state index contributed by atoms with van der Waals surface area (Å²) in [4.78, 5) is 43.3. The number of nitrogens with two attached hydrogens (primary N) is 1. The summed E-state index contributed by atoms with van der Waals surface area (Å²) in [6.07, 6.45) is -4.46. The van der Waals surface area contributed by atoms with Gasteiger partial charge in [0.2, 0.25) is 0 Å². The summed E-state index contributed by atoms with van der Waals surface area (Å²) in [6, 6.07) is 4.17. The van der Waals surface area contributed by atoms with Gasteiger partial charge in [-0.1, -0.05) is 26.8 Å². The van der Waals surface area contributed by atoms with E-state index in [2.05, 4.69) is 0 Å². The number of carbonyl (C=O) groups excluding carboxylic acids is 1. The number of hydrogen-bond acceptors (Lipinski definition) is 12. The van der Waals surface area contributed by atoms with Gasteiger partial charge in [0.15, 0.2) is 41.8 Å². The Bertz CT molecular complexity index is 1120. The number of aliphatic carboxylic acids is 2. The maximum Gasteiger partial charge on any atom is 0.519 e. The van der Waals surface area contributed by atoms with Crippen LogP contribution in [0.5, 0.6) is 11.5 Å². The molecule has 0 aliphatic rings. The fourth-order valence-corrected chi connectivity index (χ4v) is 2.72. The maximum atomic E-state index is 12.4. The standard InChI is InChI=1S/C18H23NO7.C4H6O6/c1-17(2,3)14-13(25-16(23)26-14)9-24-15(22)18(4,19)8-10-5-6-11(20)12(21)7-10;5-1(3(7)8)2(6)4(9)10/h5-7,20-21H,8-9,19H2,1-4H3;1-2,5-6H,(H,7,8)(H,9,10). The zero-order chi connectivity index (χ0) is 28.0. The van der Waals surface area contributed by atoms with Gasteiger partial charge in [0, 0.05) is 11.8 Å². The van der Waals surface area contributed by atoms with E-state index in [4.69, 9.17) is 39.7 Å². The van der Waals surface area contributed by atoms with Crippen LogP contribution in [0.1, 0.15) is 44.8 Å². The lowest BCUT2D eigenvalue weighted by Gasteiger charge is -2.23. The van der Waals surface area contributed by atoms with E-state index in [0.717, 1.165) is 0 Å². The first-order chi connectivity index (χ1) is 16.4. The van der Waals surface area contributed by atoms with Crippen molar-refractivity contribution < 1.29 is 58.6 Å². The molecule has 0 radical (unpaired) electrons. The molecule has 0 saturated carbocycles. The minimum absolute atomic E-state index is 0.0706. The molecule has 2 rings (SSSR count). The van der Waals surface area contributed by atoms with Gasteiger partial charge < -0.3 is 49.9 Å². The van der Waals surface area contributed by atoms with E-state index in [1.165, 1.54) is 19.1 Å². The Labute approximate surface area is 204 Å². The molecular formula is C22H29NO13. The number of ether oxygens (including phenoxy) is 1. The highest BCUT2D eigenvalue weighted by molar-refractivity contribution is 5.83. The first kappa shape index (κ1) is 30.2. The molecule has 200 valence electrons. The Hall–Kier alpha value is -3.88. The van der Waals surface area contributed by atoms with Crippen LogP contribution < -0.4 is 11.6 Å². The smallest absolute Gasteiger partial charge is 0.504 e. The first-order valence-electron chi connectivity index (χ1n) is 10.3. The van der Waals surface area contributed by atoms with Crippen molar-refractivity contribution >= 4 is 17.9 Å². The number of carboxylic acids is 2. The normalized spacial score (nSPS) is 14.5. The highest BCUT2D eigenvalue weighted by atomic mass is 16.6. The van der Waals surface area contributed by atoms with Crippen LogP contribution in [-0.4, -0.2) is 66.3 Å². The Morgan fingerprint density at radius 2 is 1.50 bits per heavy atom. The number of esters is 1. The Morgan fingerprint density at radius 1 is 0.972 bits per heavy atom. The van der Waals surface area contributed by atoms with E-state index in [9.17, 15) is 29.4 Å². The fraction of sp³-hybridized carbons (Fsp3) is 0.455. The second-order valence-corrected chi connectivity index (χ2v) is 9.02. The summed E-state index contributed by atoms with van der Waals surface area (Å²) in [5, 5.41) is 51.4. The molecule has 1 aromatic heterocycles. The molecule has 8 N–H and O–H groups in total. The molecule has 0 spiro atoms. The van der Waals surface area contributed by atoms with Gasteiger partial charge in [-0.2, -0.15) is 0 Å². The molecule has 0 bridgehead atoms. The number of aliphatic hydroxyl groups is 2. The molecule has 1 heterocycles. The van der Waals surface area contributed by atoms with E-state index >= 15 is 0 Å². The minimum atomic E-state index is -2.27. The van der Waals surface area contributed by atoms with Crippen molar-refractivity contribution in [2.45, 2.75) is 63.9 Å². The lowest BCUT2D eigenvalue weighted by atomic mass is 9.92. The molecule has 14 heteroatoms. The molecule has 0 saturated heterocycles. The third-order valence-electron chi connectivity index (χ3n) is 4.54. The van der Waals surface area contributed by atoms with Crippen molar-refractivity contribution in [2.24, 2.45) is 5.73 Å². The Morgan fingerprint density at radius 3 is 1.94 bits per heavy atom. The van der Waals surface area contributed by atoms with E-state index in [-0.39, 0.29) is 30.3 Å². The van der Waals surface area contributed by atoms with Gasteiger partial charge in [-0.25, -0.2) is 14.4 Å². The lowest BCUT2D eigenvalue weighted by molar-refractivity contribution is -0.165. The molecule has 3 atom stereocenters. The average Bonchev–Trinajstić information content (AvgIpc) is 3.14. The number of aliphatic hydroxyl groups excluding tert-OH is 2. The van der Waals surface area contributed by atoms with Crippen molar-refractivity contribution in [3.63, 3.8) is 0 Å². The number of phenolic OH excluding ortho intramolecular Hbond substituents is 2. The number of aromatic hydroxyl groups is 2.